The summed E-state index contributed by atoms with van der Waals surface area (Å²) in [7, 11) is -1.36. The first-order chi connectivity index (χ1) is 4.39. The van der Waals surface area contributed by atoms with Crippen molar-refractivity contribution in [2.24, 2.45) is 5.92 Å². The van der Waals surface area contributed by atoms with Gasteiger partial charge in [-0.25, -0.2) is 4.79 Å². The lowest BCUT2D eigenvalue weighted by molar-refractivity contribution is 0.565. The zero-order valence-corrected chi connectivity index (χ0v) is 8.49. The second-order valence-corrected chi connectivity index (χ2v) is 8.96. The summed E-state index contributed by atoms with van der Waals surface area (Å²) in [6, 6.07) is 0. The van der Waals surface area contributed by atoms with Crippen LogP contribution in [0.15, 0.2) is 5.20 Å². The average Bonchev–Trinajstić information content (AvgIpc) is 1.60. The number of hydrogen-bond acceptors (Lipinski definition) is 1. The highest BCUT2D eigenvalue weighted by Crippen LogP contribution is 2.18. The van der Waals surface area contributed by atoms with Crippen molar-refractivity contribution in [3.63, 3.8) is 0 Å². The Hall–Kier alpha value is -0.333. The molecular formula is C8H16OSi. The number of allylic oxidation sites excluding steroid dienone is 1. The van der Waals surface area contributed by atoms with Crippen molar-refractivity contribution in [3.05, 3.63) is 5.20 Å². The normalized spacial score (nSPS) is 11.4. The van der Waals surface area contributed by atoms with Crippen LogP contribution in [0.2, 0.25) is 19.6 Å². The molecule has 0 aromatic heterocycles. The van der Waals surface area contributed by atoms with Gasteiger partial charge in [-0.2, -0.15) is 0 Å². The molecule has 0 amide bonds. The van der Waals surface area contributed by atoms with Gasteiger partial charge < -0.3 is 0 Å². The van der Waals surface area contributed by atoms with Gasteiger partial charge in [0.2, 0.25) is 0 Å². The van der Waals surface area contributed by atoms with Crippen LogP contribution in [0.4, 0.5) is 0 Å². The fourth-order valence-electron chi connectivity index (χ4n) is 1.14. The van der Waals surface area contributed by atoms with Gasteiger partial charge in [0, 0.05) is 5.20 Å². The van der Waals surface area contributed by atoms with E-state index in [-0.39, 0.29) is 0 Å². The van der Waals surface area contributed by atoms with E-state index in [9.17, 15) is 4.79 Å². The van der Waals surface area contributed by atoms with Crippen LogP contribution in [0.1, 0.15) is 13.8 Å². The molecular weight excluding hydrogens is 140 g/mol. The summed E-state index contributed by atoms with van der Waals surface area (Å²) in [5, 5.41) is 1.01. The second-order valence-electron chi connectivity index (χ2n) is 3.92. The highest BCUT2D eigenvalue weighted by atomic mass is 28.3. The molecule has 0 radical (unpaired) electrons. The molecule has 0 heterocycles. The molecule has 0 saturated heterocycles. The summed E-state index contributed by atoms with van der Waals surface area (Å²) >= 11 is 0. The van der Waals surface area contributed by atoms with Crippen molar-refractivity contribution in [2.75, 3.05) is 0 Å². The Balaban J connectivity index is 4.57. The molecule has 0 saturated carbocycles. The van der Waals surface area contributed by atoms with Crippen LogP contribution in [0, 0.1) is 5.92 Å². The van der Waals surface area contributed by atoms with Crippen molar-refractivity contribution < 1.29 is 4.79 Å². The van der Waals surface area contributed by atoms with Crippen LogP contribution in [0.5, 0.6) is 0 Å². The smallest absolute Gasteiger partial charge is 0.119 e. The number of hydrogen-bond donors (Lipinski definition) is 0. The van der Waals surface area contributed by atoms with Crippen LogP contribution < -0.4 is 0 Å². The first-order valence-corrected chi connectivity index (χ1v) is 7.15. The Bertz CT molecular complexity index is 159. The van der Waals surface area contributed by atoms with Crippen LogP contribution in [0.3, 0.4) is 0 Å². The molecule has 10 heavy (non-hydrogen) atoms. The van der Waals surface area contributed by atoms with Crippen molar-refractivity contribution in [1.29, 1.82) is 0 Å². The van der Waals surface area contributed by atoms with Gasteiger partial charge in [0.15, 0.2) is 0 Å². The van der Waals surface area contributed by atoms with E-state index in [0.717, 1.165) is 5.20 Å². The molecule has 0 aliphatic heterocycles. The number of carbonyl (C=O) groups excluding carboxylic acids is 1. The van der Waals surface area contributed by atoms with Crippen LogP contribution in [-0.2, 0) is 4.79 Å². The van der Waals surface area contributed by atoms with E-state index in [0.29, 0.717) is 5.92 Å². The van der Waals surface area contributed by atoms with Gasteiger partial charge in [-0.1, -0.05) is 33.5 Å². The minimum Gasteiger partial charge on any atom is -0.234 e. The standard InChI is InChI=1S/C8H16OSi/c1-7(2)8(6-9)10(3,4)5/h7H,1-5H3. The minimum atomic E-state index is -1.36. The molecule has 0 rings (SSSR count). The van der Waals surface area contributed by atoms with E-state index in [1.54, 1.807) is 0 Å². The first kappa shape index (κ1) is 9.67. The molecule has 0 aromatic rings. The maximum absolute atomic E-state index is 10.5. The van der Waals surface area contributed by atoms with Gasteiger partial charge >= 0.3 is 0 Å². The third-order valence-corrected chi connectivity index (χ3v) is 3.79. The molecule has 0 aliphatic rings. The van der Waals surface area contributed by atoms with Crippen LogP contribution in [0.25, 0.3) is 0 Å². The number of rotatable bonds is 2. The molecule has 0 fully saturated rings. The third kappa shape index (κ3) is 2.50. The third-order valence-electron chi connectivity index (χ3n) is 1.50. The van der Waals surface area contributed by atoms with E-state index in [2.05, 4.69) is 39.4 Å². The fourth-order valence-corrected chi connectivity index (χ4v) is 3.18. The molecule has 0 unspecified atom stereocenters. The highest BCUT2D eigenvalue weighted by Gasteiger charge is 2.22. The van der Waals surface area contributed by atoms with Gasteiger partial charge in [-0.05, 0) is 5.92 Å². The Morgan fingerprint density at radius 2 is 1.70 bits per heavy atom. The predicted octanol–water partition coefficient (Wildman–Crippen LogP) is 2.28. The van der Waals surface area contributed by atoms with Crippen LogP contribution >= 0.6 is 0 Å². The average molecular weight is 156 g/mol. The summed E-state index contributed by atoms with van der Waals surface area (Å²) in [6.07, 6.45) is 0. The van der Waals surface area contributed by atoms with E-state index in [4.69, 9.17) is 0 Å². The van der Waals surface area contributed by atoms with Crippen LogP contribution in [-0.4, -0.2) is 14.0 Å². The minimum absolute atomic E-state index is 0.379. The van der Waals surface area contributed by atoms with E-state index in [1.807, 2.05) is 0 Å². The molecule has 0 atom stereocenters. The monoisotopic (exact) mass is 156 g/mol. The quantitative estimate of drug-likeness (QED) is 0.443. The predicted molar refractivity (Wildman–Crippen MR) is 47.4 cm³/mol. The first-order valence-electron chi connectivity index (χ1n) is 3.65. The Morgan fingerprint density at radius 3 is 1.70 bits per heavy atom. The molecule has 0 aliphatic carbocycles. The molecule has 0 N–H and O–H groups in total. The lowest BCUT2D eigenvalue weighted by atomic mass is 10.2. The molecule has 1 nitrogen and oxygen atoms in total. The van der Waals surface area contributed by atoms with Crippen molar-refractivity contribution in [3.8, 4) is 0 Å². The lowest BCUT2D eigenvalue weighted by Gasteiger charge is -2.19. The molecule has 58 valence electrons. The van der Waals surface area contributed by atoms with E-state index >= 15 is 0 Å². The van der Waals surface area contributed by atoms with Gasteiger partial charge in [-0.3, -0.25) is 0 Å². The second kappa shape index (κ2) is 3.18. The molecule has 2 heteroatoms. The maximum atomic E-state index is 10.5. The van der Waals surface area contributed by atoms with Gasteiger partial charge in [-0.15, -0.1) is 0 Å². The van der Waals surface area contributed by atoms with Gasteiger partial charge in [0.05, 0.1) is 8.07 Å². The van der Waals surface area contributed by atoms with Gasteiger partial charge in [0.25, 0.3) is 0 Å². The maximum Gasteiger partial charge on any atom is 0.119 e. The van der Waals surface area contributed by atoms with E-state index in [1.165, 1.54) is 0 Å². The summed E-state index contributed by atoms with van der Waals surface area (Å²) < 4.78 is 0. The Labute approximate surface area is 64.1 Å². The largest absolute Gasteiger partial charge is 0.234 e. The zero-order valence-electron chi connectivity index (χ0n) is 7.49. The lowest BCUT2D eigenvalue weighted by Crippen LogP contribution is -2.27. The SMILES string of the molecule is CC(C)C(=C=O)[Si](C)(C)C. The van der Waals surface area contributed by atoms with Crippen molar-refractivity contribution in [1.82, 2.24) is 0 Å². The molecule has 0 spiro atoms. The summed E-state index contributed by atoms with van der Waals surface area (Å²) in [6.45, 7) is 10.6. The van der Waals surface area contributed by atoms with Gasteiger partial charge in [0.1, 0.15) is 5.94 Å². The molecule has 0 bridgehead atoms. The summed E-state index contributed by atoms with van der Waals surface area (Å²) in [5.74, 6) is 2.45. The van der Waals surface area contributed by atoms with Crippen molar-refractivity contribution in [2.45, 2.75) is 33.5 Å². The van der Waals surface area contributed by atoms with E-state index < -0.39 is 8.07 Å². The highest BCUT2D eigenvalue weighted by molar-refractivity contribution is 6.84. The zero-order chi connectivity index (χ0) is 8.36. The fraction of sp³-hybridized carbons (Fsp3) is 0.750. The molecule has 0 aromatic carbocycles. The topological polar surface area (TPSA) is 17.1 Å². The summed E-state index contributed by atoms with van der Waals surface area (Å²) in [5.41, 5.74) is 0. The van der Waals surface area contributed by atoms with Crippen molar-refractivity contribution >= 4 is 14.0 Å². The Morgan fingerprint density at radius 1 is 1.30 bits per heavy atom. The Kier molecular flexibility index (Phi) is 3.07. The summed E-state index contributed by atoms with van der Waals surface area (Å²) in [4.78, 5) is 10.5.